The molecular formula is C24H24O4. The van der Waals surface area contributed by atoms with Gasteiger partial charge in [0.15, 0.2) is 0 Å². The van der Waals surface area contributed by atoms with Gasteiger partial charge in [0.25, 0.3) is 0 Å². The number of esters is 1. The summed E-state index contributed by atoms with van der Waals surface area (Å²) in [7, 11) is 0. The van der Waals surface area contributed by atoms with Crippen LogP contribution in [0.25, 0.3) is 0 Å². The van der Waals surface area contributed by atoms with Gasteiger partial charge in [-0.1, -0.05) is 78.9 Å². The van der Waals surface area contributed by atoms with Gasteiger partial charge < -0.3 is 14.2 Å². The second kappa shape index (κ2) is 11.0. The fraction of sp³-hybridized carbons (Fsp3) is 0.208. The third-order valence-electron chi connectivity index (χ3n) is 4.15. The Bertz CT molecular complexity index is 819. The smallest absolute Gasteiger partial charge is 0.338 e. The molecule has 1 unspecified atom stereocenters. The first-order valence-corrected chi connectivity index (χ1v) is 9.30. The molecule has 0 spiro atoms. The molecule has 0 N–H and O–H groups in total. The van der Waals surface area contributed by atoms with Gasteiger partial charge in [-0.25, -0.2) is 4.79 Å². The Morgan fingerprint density at radius 1 is 0.679 bits per heavy atom. The minimum Gasteiger partial charge on any atom is -0.459 e. The molecule has 28 heavy (non-hydrogen) atoms. The number of rotatable bonds is 10. The molecule has 0 amide bonds. The summed E-state index contributed by atoms with van der Waals surface area (Å²) in [6, 6.07) is 28.8. The molecule has 4 heteroatoms. The molecule has 0 aliphatic heterocycles. The van der Waals surface area contributed by atoms with Gasteiger partial charge >= 0.3 is 5.97 Å². The molecule has 0 fully saturated rings. The topological polar surface area (TPSA) is 44.8 Å². The Morgan fingerprint density at radius 3 is 1.82 bits per heavy atom. The maximum Gasteiger partial charge on any atom is 0.338 e. The zero-order valence-electron chi connectivity index (χ0n) is 15.7. The molecule has 3 aromatic rings. The SMILES string of the molecule is O=C(OCC(COCc1ccccc1)OCc1ccccc1)c1ccccc1. The standard InChI is InChI=1S/C24H24O4/c25-24(22-14-8-3-9-15-22)28-19-23(27-17-21-12-6-2-7-13-21)18-26-16-20-10-4-1-5-11-20/h1-15,23H,16-19H2. The first kappa shape index (κ1) is 19.8. The van der Waals surface area contributed by atoms with Crippen molar-refractivity contribution in [1.29, 1.82) is 0 Å². The van der Waals surface area contributed by atoms with Gasteiger partial charge in [-0.15, -0.1) is 0 Å². The molecular weight excluding hydrogens is 352 g/mol. The van der Waals surface area contributed by atoms with Crippen LogP contribution in [0, 0.1) is 0 Å². The number of ether oxygens (including phenoxy) is 3. The maximum atomic E-state index is 12.2. The van der Waals surface area contributed by atoms with E-state index in [0.717, 1.165) is 11.1 Å². The molecule has 4 nitrogen and oxygen atoms in total. The van der Waals surface area contributed by atoms with Gasteiger partial charge in [-0.05, 0) is 23.3 Å². The summed E-state index contributed by atoms with van der Waals surface area (Å²) in [5, 5.41) is 0. The van der Waals surface area contributed by atoms with Crippen LogP contribution in [0.4, 0.5) is 0 Å². The number of hydrogen-bond donors (Lipinski definition) is 0. The van der Waals surface area contributed by atoms with E-state index in [2.05, 4.69) is 0 Å². The summed E-state index contributed by atoms with van der Waals surface area (Å²) in [6.45, 7) is 1.39. The van der Waals surface area contributed by atoms with Crippen LogP contribution in [0.3, 0.4) is 0 Å². The Hall–Kier alpha value is -2.95. The zero-order chi connectivity index (χ0) is 19.4. The highest BCUT2D eigenvalue weighted by molar-refractivity contribution is 5.89. The molecule has 0 aliphatic carbocycles. The third-order valence-corrected chi connectivity index (χ3v) is 4.15. The van der Waals surface area contributed by atoms with E-state index in [0.29, 0.717) is 25.4 Å². The maximum absolute atomic E-state index is 12.2. The van der Waals surface area contributed by atoms with Crippen molar-refractivity contribution < 1.29 is 19.0 Å². The second-order valence-electron chi connectivity index (χ2n) is 6.38. The predicted octanol–water partition coefficient (Wildman–Crippen LogP) is 4.65. The van der Waals surface area contributed by atoms with Crippen LogP contribution in [0.1, 0.15) is 21.5 Å². The molecule has 1 atom stereocenters. The Balaban J connectivity index is 1.52. The molecule has 3 rings (SSSR count). The van der Waals surface area contributed by atoms with Gasteiger partial charge in [0, 0.05) is 0 Å². The van der Waals surface area contributed by atoms with Crippen molar-refractivity contribution in [1.82, 2.24) is 0 Å². The molecule has 0 heterocycles. The summed E-state index contributed by atoms with van der Waals surface area (Å²) in [6.07, 6.45) is -0.350. The summed E-state index contributed by atoms with van der Waals surface area (Å²) in [5.41, 5.74) is 2.67. The molecule has 0 saturated carbocycles. The molecule has 0 bridgehead atoms. The van der Waals surface area contributed by atoms with Gasteiger partial charge in [0.05, 0.1) is 25.4 Å². The monoisotopic (exact) mass is 376 g/mol. The van der Waals surface area contributed by atoms with Crippen molar-refractivity contribution in [3.8, 4) is 0 Å². The quantitative estimate of drug-likeness (QED) is 0.483. The number of carbonyl (C=O) groups is 1. The Morgan fingerprint density at radius 2 is 1.21 bits per heavy atom. The molecule has 0 aromatic heterocycles. The molecule has 144 valence electrons. The largest absolute Gasteiger partial charge is 0.459 e. The van der Waals surface area contributed by atoms with Crippen molar-refractivity contribution in [2.24, 2.45) is 0 Å². The van der Waals surface area contributed by atoms with E-state index in [-0.39, 0.29) is 18.7 Å². The number of hydrogen-bond acceptors (Lipinski definition) is 4. The lowest BCUT2D eigenvalue weighted by atomic mass is 10.2. The average molecular weight is 376 g/mol. The fourth-order valence-corrected chi connectivity index (χ4v) is 2.64. The van der Waals surface area contributed by atoms with Gasteiger partial charge in [-0.2, -0.15) is 0 Å². The first-order valence-electron chi connectivity index (χ1n) is 9.30. The third kappa shape index (κ3) is 6.65. The highest BCUT2D eigenvalue weighted by Crippen LogP contribution is 2.08. The molecule has 0 saturated heterocycles. The number of benzene rings is 3. The average Bonchev–Trinajstić information content (AvgIpc) is 2.77. The zero-order valence-corrected chi connectivity index (χ0v) is 15.7. The first-order chi connectivity index (χ1) is 13.8. The molecule has 0 aliphatic rings. The van der Waals surface area contributed by atoms with Gasteiger partial charge in [0.2, 0.25) is 0 Å². The summed E-state index contributed by atoms with van der Waals surface area (Å²) >= 11 is 0. The molecule has 3 aromatic carbocycles. The fourth-order valence-electron chi connectivity index (χ4n) is 2.64. The van der Waals surface area contributed by atoms with Crippen molar-refractivity contribution in [3.05, 3.63) is 108 Å². The van der Waals surface area contributed by atoms with Gasteiger partial charge in [0.1, 0.15) is 12.7 Å². The number of carbonyl (C=O) groups excluding carboxylic acids is 1. The van der Waals surface area contributed by atoms with E-state index < -0.39 is 0 Å². The highest BCUT2D eigenvalue weighted by atomic mass is 16.6. The summed E-state index contributed by atoms with van der Waals surface area (Å²) in [5.74, 6) is -0.364. The van der Waals surface area contributed by atoms with Crippen molar-refractivity contribution in [3.63, 3.8) is 0 Å². The van der Waals surface area contributed by atoms with E-state index in [9.17, 15) is 4.79 Å². The van der Waals surface area contributed by atoms with Crippen LogP contribution in [0.15, 0.2) is 91.0 Å². The second-order valence-corrected chi connectivity index (χ2v) is 6.38. The summed E-state index contributed by atoms with van der Waals surface area (Å²) in [4.78, 5) is 12.2. The predicted molar refractivity (Wildman–Crippen MR) is 108 cm³/mol. The van der Waals surface area contributed by atoms with Crippen LogP contribution in [0.5, 0.6) is 0 Å². The van der Waals surface area contributed by atoms with Crippen LogP contribution < -0.4 is 0 Å². The van der Waals surface area contributed by atoms with E-state index in [1.807, 2.05) is 78.9 Å². The van der Waals surface area contributed by atoms with E-state index in [1.54, 1.807) is 12.1 Å². The lowest BCUT2D eigenvalue weighted by Gasteiger charge is -2.18. The minimum absolute atomic E-state index is 0.134. The van der Waals surface area contributed by atoms with Crippen LogP contribution >= 0.6 is 0 Å². The van der Waals surface area contributed by atoms with Crippen LogP contribution in [-0.4, -0.2) is 25.3 Å². The van der Waals surface area contributed by atoms with Crippen LogP contribution in [-0.2, 0) is 27.4 Å². The van der Waals surface area contributed by atoms with E-state index in [4.69, 9.17) is 14.2 Å². The van der Waals surface area contributed by atoms with Crippen molar-refractivity contribution in [2.45, 2.75) is 19.3 Å². The lowest BCUT2D eigenvalue weighted by Crippen LogP contribution is -2.27. The van der Waals surface area contributed by atoms with E-state index in [1.165, 1.54) is 0 Å². The minimum atomic E-state index is -0.364. The normalized spacial score (nSPS) is 11.7. The van der Waals surface area contributed by atoms with E-state index >= 15 is 0 Å². The summed E-state index contributed by atoms with van der Waals surface area (Å²) < 4.78 is 17.2. The van der Waals surface area contributed by atoms with Crippen LogP contribution in [0.2, 0.25) is 0 Å². The van der Waals surface area contributed by atoms with Crippen molar-refractivity contribution in [2.75, 3.05) is 13.2 Å². The molecule has 0 radical (unpaired) electrons. The lowest BCUT2D eigenvalue weighted by molar-refractivity contribution is -0.0598. The highest BCUT2D eigenvalue weighted by Gasteiger charge is 2.15. The van der Waals surface area contributed by atoms with Gasteiger partial charge in [-0.3, -0.25) is 0 Å². The van der Waals surface area contributed by atoms with Crippen molar-refractivity contribution >= 4 is 5.97 Å². The Kier molecular flexibility index (Phi) is 7.79. The Labute approximate surface area is 165 Å².